The predicted octanol–water partition coefficient (Wildman–Crippen LogP) is 4.76. The van der Waals surface area contributed by atoms with E-state index in [1.54, 1.807) is 6.07 Å². The highest BCUT2D eigenvalue weighted by atomic mass is 16.5. The summed E-state index contributed by atoms with van der Waals surface area (Å²) < 4.78 is 6.14. The van der Waals surface area contributed by atoms with Crippen LogP contribution in [0.25, 0.3) is 11.1 Å². The van der Waals surface area contributed by atoms with Gasteiger partial charge in [0.05, 0.1) is 12.5 Å². The molecule has 1 saturated heterocycles. The van der Waals surface area contributed by atoms with Gasteiger partial charge in [-0.05, 0) is 83.7 Å². The number of aliphatic carboxylic acids is 1. The molecule has 0 unspecified atom stereocenters. The molecule has 188 valence electrons. The molecule has 1 saturated carbocycles. The number of hydrogen-bond acceptors (Lipinski definition) is 5. The van der Waals surface area contributed by atoms with Crippen LogP contribution in [0.4, 0.5) is 5.69 Å². The lowest BCUT2D eigenvalue weighted by Gasteiger charge is -2.51. The van der Waals surface area contributed by atoms with Crippen molar-refractivity contribution in [2.24, 2.45) is 11.1 Å². The van der Waals surface area contributed by atoms with Crippen LogP contribution in [0.15, 0.2) is 66.7 Å². The van der Waals surface area contributed by atoms with Gasteiger partial charge in [-0.1, -0.05) is 36.4 Å². The van der Waals surface area contributed by atoms with Gasteiger partial charge in [-0.3, -0.25) is 4.79 Å². The summed E-state index contributed by atoms with van der Waals surface area (Å²) in [5.74, 6) is -0.280. The zero-order valence-electron chi connectivity index (χ0n) is 20.5. The van der Waals surface area contributed by atoms with E-state index in [0.29, 0.717) is 29.9 Å². The molecule has 0 bridgehead atoms. The molecule has 5 rings (SSSR count). The highest BCUT2D eigenvalue weighted by Gasteiger charge is 2.45. The highest BCUT2D eigenvalue weighted by molar-refractivity contribution is 5.72. The summed E-state index contributed by atoms with van der Waals surface area (Å²) in [5.41, 5.74) is 12.4. The SMILES string of the molecule is NCc1cccc(-c2cc(COc3ccccc3CC(=O)O)cc(N3CCC4(CC3)CC(O)C4)c2)c1. The summed E-state index contributed by atoms with van der Waals surface area (Å²) in [6, 6.07) is 22.2. The van der Waals surface area contributed by atoms with E-state index in [1.807, 2.05) is 30.3 Å². The molecule has 6 heteroatoms. The molecule has 3 aromatic carbocycles. The number of para-hydroxylation sites is 1. The standard InChI is InChI=1S/C30H34N2O4/c31-19-21-4-3-6-23(12-21)25-13-22(20-36-28-7-2-1-5-24(28)16-29(34)35)14-26(15-25)32-10-8-30(9-11-32)17-27(33)18-30/h1-7,12-15,27,33H,8-11,16-20,31H2,(H,34,35). The summed E-state index contributed by atoms with van der Waals surface area (Å²) in [7, 11) is 0. The maximum absolute atomic E-state index is 11.3. The first kappa shape index (κ1) is 24.3. The summed E-state index contributed by atoms with van der Waals surface area (Å²) in [6.07, 6.45) is 3.87. The molecule has 36 heavy (non-hydrogen) atoms. The smallest absolute Gasteiger partial charge is 0.307 e. The molecule has 0 radical (unpaired) electrons. The summed E-state index contributed by atoms with van der Waals surface area (Å²) in [6.45, 7) is 2.78. The molecule has 0 atom stereocenters. The van der Waals surface area contributed by atoms with Crippen LogP contribution < -0.4 is 15.4 Å². The Bertz CT molecular complexity index is 1230. The van der Waals surface area contributed by atoms with E-state index in [4.69, 9.17) is 10.5 Å². The van der Waals surface area contributed by atoms with Crippen LogP contribution in [-0.2, 0) is 24.4 Å². The quantitative estimate of drug-likeness (QED) is 0.425. The molecule has 0 aromatic heterocycles. The molecule has 6 nitrogen and oxygen atoms in total. The van der Waals surface area contributed by atoms with Crippen LogP contribution in [0.2, 0.25) is 0 Å². The fraction of sp³-hybridized carbons (Fsp3) is 0.367. The molecule has 0 amide bonds. The second-order valence-corrected chi connectivity index (χ2v) is 10.3. The van der Waals surface area contributed by atoms with E-state index in [1.165, 1.54) is 0 Å². The Hall–Kier alpha value is -3.35. The van der Waals surface area contributed by atoms with Crippen molar-refractivity contribution in [1.82, 2.24) is 0 Å². The number of nitrogens with two attached hydrogens (primary N) is 1. The third-order valence-electron chi connectivity index (χ3n) is 7.71. The number of carboxylic acid groups (broad SMARTS) is 1. The minimum absolute atomic E-state index is 0.0719. The van der Waals surface area contributed by atoms with Gasteiger partial charge in [0.1, 0.15) is 12.4 Å². The lowest BCUT2D eigenvalue weighted by Crippen LogP contribution is -2.49. The molecular formula is C30H34N2O4. The Labute approximate surface area is 212 Å². The average molecular weight is 487 g/mol. The van der Waals surface area contributed by atoms with Crippen molar-refractivity contribution in [2.45, 2.75) is 51.4 Å². The van der Waals surface area contributed by atoms with Gasteiger partial charge in [0.25, 0.3) is 0 Å². The Kier molecular flexibility index (Phi) is 6.99. The minimum atomic E-state index is -0.878. The van der Waals surface area contributed by atoms with Gasteiger partial charge in [-0.2, -0.15) is 0 Å². The zero-order valence-corrected chi connectivity index (χ0v) is 20.5. The van der Waals surface area contributed by atoms with Gasteiger partial charge in [0.15, 0.2) is 0 Å². The third kappa shape index (κ3) is 5.40. The van der Waals surface area contributed by atoms with Gasteiger partial charge >= 0.3 is 5.97 Å². The lowest BCUT2D eigenvalue weighted by atomic mass is 9.61. The molecular weight excluding hydrogens is 452 g/mol. The number of benzene rings is 3. The van der Waals surface area contributed by atoms with Crippen molar-refractivity contribution in [3.63, 3.8) is 0 Å². The number of carbonyl (C=O) groups is 1. The van der Waals surface area contributed by atoms with Crippen LogP contribution in [-0.4, -0.2) is 35.4 Å². The fourth-order valence-electron chi connectivity index (χ4n) is 5.69. The molecule has 1 aliphatic heterocycles. The normalized spacial score (nSPS) is 17.1. The molecule has 2 aliphatic rings. The Morgan fingerprint density at radius 1 is 0.972 bits per heavy atom. The second kappa shape index (κ2) is 10.3. The molecule has 1 spiro atoms. The van der Waals surface area contributed by atoms with E-state index in [-0.39, 0.29) is 12.5 Å². The molecule has 1 aliphatic carbocycles. The van der Waals surface area contributed by atoms with Crippen molar-refractivity contribution in [2.75, 3.05) is 18.0 Å². The van der Waals surface area contributed by atoms with Gasteiger partial charge in [0, 0.05) is 30.9 Å². The number of nitrogens with zero attached hydrogens (tertiary/aromatic N) is 1. The van der Waals surface area contributed by atoms with Gasteiger partial charge in [-0.25, -0.2) is 0 Å². The van der Waals surface area contributed by atoms with E-state index >= 15 is 0 Å². The number of ether oxygens (including phenoxy) is 1. The number of carboxylic acids is 1. The number of aliphatic hydroxyl groups is 1. The van der Waals surface area contributed by atoms with Crippen molar-refractivity contribution in [1.29, 1.82) is 0 Å². The topological polar surface area (TPSA) is 96.0 Å². The molecule has 2 fully saturated rings. The zero-order chi connectivity index (χ0) is 25.1. The summed E-state index contributed by atoms with van der Waals surface area (Å²) in [4.78, 5) is 13.7. The van der Waals surface area contributed by atoms with Gasteiger partial charge in [0.2, 0.25) is 0 Å². The number of hydrogen-bond donors (Lipinski definition) is 3. The Balaban J connectivity index is 1.41. The predicted molar refractivity (Wildman–Crippen MR) is 141 cm³/mol. The Morgan fingerprint density at radius 2 is 1.72 bits per heavy atom. The van der Waals surface area contributed by atoms with Crippen LogP contribution >= 0.6 is 0 Å². The van der Waals surface area contributed by atoms with E-state index in [9.17, 15) is 15.0 Å². The number of piperidine rings is 1. The first-order valence-electron chi connectivity index (χ1n) is 12.7. The second-order valence-electron chi connectivity index (χ2n) is 10.3. The first-order chi connectivity index (χ1) is 17.4. The number of rotatable bonds is 8. The maximum Gasteiger partial charge on any atom is 0.307 e. The van der Waals surface area contributed by atoms with Crippen LogP contribution in [0.3, 0.4) is 0 Å². The van der Waals surface area contributed by atoms with Crippen molar-refractivity contribution < 1.29 is 19.7 Å². The number of aliphatic hydroxyl groups excluding tert-OH is 1. The van der Waals surface area contributed by atoms with E-state index < -0.39 is 5.97 Å². The lowest BCUT2D eigenvalue weighted by molar-refractivity contribution is -0.136. The van der Waals surface area contributed by atoms with E-state index in [0.717, 1.165) is 66.7 Å². The summed E-state index contributed by atoms with van der Waals surface area (Å²) >= 11 is 0. The van der Waals surface area contributed by atoms with Crippen molar-refractivity contribution >= 4 is 11.7 Å². The highest BCUT2D eigenvalue weighted by Crippen LogP contribution is 2.49. The maximum atomic E-state index is 11.3. The monoisotopic (exact) mass is 486 g/mol. The van der Waals surface area contributed by atoms with Gasteiger partial charge in [-0.15, -0.1) is 0 Å². The minimum Gasteiger partial charge on any atom is -0.489 e. The van der Waals surface area contributed by atoms with Crippen LogP contribution in [0.5, 0.6) is 5.75 Å². The first-order valence-corrected chi connectivity index (χ1v) is 12.7. The fourth-order valence-corrected chi connectivity index (χ4v) is 5.69. The molecule has 4 N–H and O–H groups in total. The van der Waals surface area contributed by atoms with E-state index in [2.05, 4.69) is 35.2 Å². The van der Waals surface area contributed by atoms with Gasteiger partial charge < -0.3 is 25.6 Å². The van der Waals surface area contributed by atoms with Crippen LogP contribution in [0, 0.1) is 5.41 Å². The molecule has 1 heterocycles. The third-order valence-corrected chi connectivity index (χ3v) is 7.71. The van der Waals surface area contributed by atoms with Crippen molar-refractivity contribution in [3.8, 4) is 16.9 Å². The summed E-state index contributed by atoms with van der Waals surface area (Å²) in [5, 5.41) is 19.1. The average Bonchev–Trinajstić information content (AvgIpc) is 2.87. The number of anilines is 1. The van der Waals surface area contributed by atoms with Crippen LogP contribution in [0.1, 0.15) is 42.4 Å². The largest absolute Gasteiger partial charge is 0.489 e. The molecule has 3 aromatic rings. The Morgan fingerprint density at radius 3 is 2.44 bits per heavy atom. The van der Waals surface area contributed by atoms with Crippen molar-refractivity contribution in [3.05, 3.63) is 83.4 Å².